The van der Waals surface area contributed by atoms with Gasteiger partial charge in [-0.3, -0.25) is 4.99 Å². The fourth-order valence-electron chi connectivity index (χ4n) is 0.820. The van der Waals surface area contributed by atoms with Gasteiger partial charge in [0, 0.05) is 6.54 Å². The quantitative estimate of drug-likeness (QED) is 0.471. The Hall–Kier alpha value is -0.530. The normalized spacial score (nSPS) is 12.6. The van der Waals surface area contributed by atoms with Crippen molar-refractivity contribution in [1.82, 2.24) is 0 Å². The minimum Gasteiger partial charge on any atom is -0.388 e. The van der Waals surface area contributed by atoms with Crippen LogP contribution in [-0.2, 0) is 0 Å². The molecule has 2 nitrogen and oxygen atoms in total. The molecule has 60 valence electrons. The maximum Gasteiger partial charge on any atom is 0.0905 e. The van der Waals surface area contributed by atoms with Crippen LogP contribution < -0.4 is 5.73 Å². The Balaban J connectivity index is 3.54. The van der Waals surface area contributed by atoms with E-state index in [2.05, 4.69) is 18.8 Å². The minimum atomic E-state index is 0.701. The van der Waals surface area contributed by atoms with Crippen LogP contribution >= 0.6 is 0 Å². The van der Waals surface area contributed by atoms with Crippen LogP contribution in [0.3, 0.4) is 0 Å². The molecule has 0 saturated heterocycles. The van der Waals surface area contributed by atoms with Gasteiger partial charge in [-0.1, -0.05) is 26.7 Å². The second-order valence-electron chi connectivity index (χ2n) is 2.66. The van der Waals surface area contributed by atoms with Crippen LogP contribution in [-0.4, -0.2) is 12.4 Å². The number of hydrogen-bond donors (Lipinski definition) is 1. The van der Waals surface area contributed by atoms with Crippen molar-refractivity contribution in [2.45, 2.75) is 33.6 Å². The molecule has 0 heterocycles. The van der Waals surface area contributed by atoms with Gasteiger partial charge in [0.25, 0.3) is 0 Å². The predicted molar refractivity (Wildman–Crippen MR) is 46.2 cm³/mol. The molecule has 0 amide bonds. The van der Waals surface area contributed by atoms with E-state index >= 15 is 0 Å². The molecule has 2 heteroatoms. The standard InChI is InChI=1S/C8H18N2/c1-4-8(5-2)6-10-7(3)9/h8H,4-6H2,1-3H3,(H2,9,10). The number of nitrogens with two attached hydrogens (primary N) is 1. The molecule has 0 aromatic rings. The van der Waals surface area contributed by atoms with Crippen LogP contribution in [0.1, 0.15) is 33.6 Å². The molecule has 0 radical (unpaired) electrons. The summed E-state index contributed by atoms with van der Waals surface area (Å²) in [6, 6.07) is 0. The first-order valence-electron chi connectivity index (χ1n) is 3.97. The van der Waals surface area contributed by atoms with Crippen molar-refractivity contribution in [2.24, 2.45) is 16.6 Å². The zero-order valence-electron chi connectivity index (χ0n) is 7.22. The van der Waals surface area contributed by atoms with Gasteiger partial charge in [-0.2, -0.15) is 0 Å². The van der Waals surface area contributed by atoms with Crippen molar-refractivity contribution >= 4 is 5.84 Å². The molecule has 0 unspecified atom stereocenters. The summed E-state index contributed by atoms with van der Waals surface area (Å²) in [5.41, 5.74) is 5.40. The summed E-state index contributed by atoms with van der Waals surface area (Å²) in [4.78, 5) is 4.16. The van der Waals surface area contributed by atoms with Gasteiger partial charge in [0.15, 0.2) is 0 Å². The fraction of sp³-hybridized carbons (Fsp3) is 0.875. The summed E-state index contributed by atoms with van der Waals surface area (Å²) in [6.45, 7) is 7.11. The molecule has 0 aromatic heterocycles. The highest BCUT2D eigenvalue weighted by Crippen LogP contribution is 2.06. The van der Waals surface area contributed by atoms with Crippen LogP contribution in [0.4, 0.5) is 0 Å². The van der Waals surface area contributed by atoms with Crippen molar-refractivity contribution in [3.05, 3.63) is 0 Å². The van der Waals surface area contributed by atoms with Crippen molar-refractivity contribution in [2.75, 3.05) is 6.54 Å². The maximum atomic E-state index is 5.40. The molecule has 0 fully saturated rings. The van der Waals surface area contributed by atoms with Crippen molar-refractivity contribution in [3.63, 3.8) is 0 Å². The Bertz CT molecular complexity index is 99.8. The Labute approximate surface area is 63.5 Å². The lowest BCUT2D eigenvalue weighted by Gasteiger charge is -2.07. The molecule has 2 N–H and O–H groups in total. The van der Waals surface area contributed by atoms with E-state index in [0.29, 0.717) is 5.84 Å². The Morgan fingerprint density at radius 3 is 2.20 bits per heavy atom. The topological polar surface area (TPSA) is 38.4 Å². The summed E-state index contributed by atoms with van der Waals surface area (Å²) >= 11 is 0. The lowest BCUT2D eigenvalue weighted by Crippen LogP contribution is -2.09. The van der Waals surface area contributed by atoms with Crippen molar-refractivity contribution < 1.29 is 0 Å². The highest BCUT2D eigenvalue weighted by atomic mass is 14.8. The lowest BCUT2D eigenvalue weighted by molar-refractivity contribution is 0.506. The number of rotatable bonds is 4. The highest BCUT2D eigenvalue weighted by Gasteiger charge is 1.99. The average molecular weight is 142 g/mol. The van der Waals surface area contributed by atoms with Crippen LogP contribution in [0.5, 0.6) is 0 Å². The maximum absolute atomic E-state index is 5.40. The van der Waals surface area contributed by atoms with Gasteiger partial charge in [0.05, 0.1) is 5.84 Å². The molecular formula is C8H18N2. The fourth-order valence-corrected chi connectivity index (χ4v) is 0.820. The average Bonchev–Trinajstić information content (AvgIpc) is 1.90. The smallest absolute Gasteiger partial charge is 0.0905 e. The van der Waals surface area contributed by atoms with E-state index in [1.54, 1.807) is 0 Å². The van der Waals surface area contributed by atoms with E-state index in [0.717, 1.165) is 12.5 Å². The van der Waals surface area contributed by atoms with Crippen LogP contribution in [0.15, 0.2) is 4.99 Å². The van der Waals surface area contributed by atoms with Crippen molar-refractivity contribution in [3.8, 4) is 0 Å². The first-order chi connectivity index (χ1) is 4.70. The second-order valence-corrected chi connectivity index (χ2v) is 2.66. The molecule has 0 aliphatic rings. The zero-order chi connectivity index (χ0) is 7.98. The number of hydrogen-bond acceptors (Lipinski definition) is 1. The molecular weight excluding hydrogens is 124 g/mol. The van der Waals surface area contributed by atoms with Crippen LogP contribution in [0.2, 0.25) is 0 Å². The summed E-state index contributed by atoms with van der Waals surface area (Å²) in [5.74, 6) is 1.42. The molecule has 0 spiro atoms. The first kappa shape index (κ1) is 9.47. The van der Waals surface area contributed by atoms with Gasteiger partial charge < -0.3 is 5.73 Å². The van der Waals surface area contributed by atoms with E-state index in [4.69, 9.17) is 5.73 Å². The summed E-state index contributed by atoms with van der Waals surface area (Å²) in [6.07, 6.45) is 2.40. The number of amidine groups is 1. The SMILES string of the molecule is CCC(CC)CN=C(C)N. The number of aliphatic imine (C=N–C) groups is 1. The van der Waals surface area contributed by atoms with Gasteiger partial charge in [0.1, 0.15) is 0 Å². The van der Waals surface area contributed by atoms with Crippen LogP contribution in [0, 0.1) is 5.92 Å². The molecule has 0 aliphatic carbocycles. The lowest BCUT2D eigenvalue weighted by atomic mass is 10.0. The zero-order valence-corrected chi connectivity index (χ0v) is 7.22. The van der Waals surface area contributed by atoms with Gasteiger partial charge in [0.2, 0.25) is 0 Å². The molecule has 0 atom stereocenters. The van der Waals surface area contributed by atoms with E-state index in [1.165, 1.54) is 12.8 Å². The van der Waals surface area contributed by atoms with E-state index in [1.807, 2.05) is 6.92 Å². The summed E-state index contributed by atoms with van der Waals surface area (Å²) in [5, 5.41) is 0. The third-order valence-electron chi connectivity index (χ3n) is 1.75. The van der Waals surface area contributed by atoms with E-state index in [-0.39, 0.29) is 0 Å². The molecule has 0 aromatic carbocycles. The summed E-state index contributed by atoms with van der Waals surface area (Å²) < 4.78 is 0. The summed E-state index contributed by atoms with van der Waals surface area (Å²) in [7, 11) is 0. The molecule has 10 heavy (non-hydrogen) atoms. The minimum absolute atomic E-state index is 0.701. The Kier molecular flexibility index (Phi) is 4.99. The van der Waals surface area contributed by atoms with Gasteiger partial charge in [-0.15, -0.1) is 0 Å². The first-order valence-corrected chi connectivity index (χ1v) is 3.97. The molecule has 0 bridgehead atoms. The molecule has 0 saturated carbocycles. The van der Waals surface area contributed by atoms with E-state index < -0.39 is 0 Å². The third-order valence-corrected chi connectivity index (χ3v) is 1.75. The molecule has 0 rings (SSSR count). The molecule has 0 aliphatic heterocycles. The third kappa shape index (κ3) is 4.36. The van der Waals surface area contributed by atoms with E-state index in [9.17, 15) is 0 Å². The second kappa shape index (κ2) is 5.27. The van der Waals surface area contributed by atoms with Gasteiger partial charge in [-0.25, -0.2) is 0 Å². The van der Waals surface area contributed by atoms with Crippen LogP contribution in [0.25, 0.3) is 0 Å². The van der Waals surface area contributed by atoms with Gasteiger partial charge >= 0.3 is 0 Å². The highest BCUT2D eigenvalue weighted by molar-refractivity contribution is 5.77. The van der Waals surface area contributed by atoms with Gasteiger partial charge in [-0.05, 0) is 12.8 Å². The largest absolute Gasteiger partial charge is 0.388 e. The predicted octanol–water partition coefficient (Wildman–Crippen LogP) is 1.80. The Morgan fingerprint density at radius 1 is 1.40 bits per heavy atom. The van der Waals surface area contributed by atoms with Crippen molar-refractivity contribution in [1.29, 1.82) is 0 Å². The Morgan fingerprint density at radius 2 is 1.90 bits per heavy atom. The monoisotopic (exact) mass is 142 g/mol. The number of nitrogens with zero attached hydrogens (tertiary/aromatic N) is 1.